The Morgan fingerprint density at radius 1 is 1.06 bits per heavy atom. The van der Waals surface area contributed by atoms with Crippen LogP contribution in [0.3, 0.4) is 0 Å². The molecule has 18 heavy (non-hydrogen) atoms. The smallest absolute Gasteiger partial charge is 0.159 e. The lowest BCUT2D eigenvalue weighted by Crippen LogP contribution is -2.68. The molecule has 0 amide bonds. The molecule has 0 atom stereocenters. The van der Waals surface area contributed by atoms with Crippen molar-refractivity contribution in [3.05, 3.63) is 35.4 Å². The van der Waals surface area contributed by atoms with Gasteiger partial charge in [-0.1, -0.05) is 6.07 Å². The Morgan fingerprint density at radius 3 is 2.11 bits per heavy atom. The first-order chi connectivity index (χ1) is 8.63. The maximum Gasteiger partial charge on any atom is 0.159 e. The van der Waals surface area contributed by atoms with Crippen molar-refractivity contribution in [3.8, 4) is 0 Å². The van der Waals surface area contributed by atoms with Gasteiger partial charge < -0.3 is 14.6 Å². The van der Waals surface area contributed by atoms with Gasteiger partial charge in [-0.05, 0) is 17.7 Å². The van der Waals surface area contributed by atoms with Crippen LogP contribution in [0.15, 0.2) is 18.2 Å². The first kappa shape index (κ1) is 12.0. The summed E-state index contributed by atoms with van der Waals surface area (Å²) >= 11 is 0. The molecule has 1 aromatic rings. The van der Waals surface area contributed by atoms with Crippen LogP contribution in [0.25, 0.3) is 0 Å². The standard InChI is InChI=1S/C13H14F2O3/c14-10-2-1-9(3-11(10)15)13(7-18-8-13)12(4-16)5-17-6-12/h1-3,16H,4-8H2. The van der Waals surface area contributed by atoms with Gasteiger partial charge in [0.1, 0.15) is 0 Å². The summed E-state index contributed by atoms with van der Waals surface area (Å²) in [5.41, 5.74) is -0.227. The number of hydrogen-bond acceptors (Lipinski definition) is 3. The number of halogens is 2. The Morgan fingerprint density at radius 2 is 1.72 bits per heavy atom. The molecule has 1 N–H and O–H groups in total. The highest BCUT2D eigenvalue weighted by Gasteiger charge is 2.61. The minimum atomic E-state index is -0.868. The number of aliphatic hydroxyl groups is 1. The zero-order chi connectivity index (χ0) is 12.8. The zero-order valence-corrected chi connectivity index (χ0v) is 9.79. The van der Waals surface area contributed by atoms with Crippen molar-refractivity contribution in [3.63, 3.8) is 0 Å². The summed E-state index contributed by atoms with van der Waals surface area (Å²) in [6.45, 7) is 1.61. The van der Waals surface area contributed by atoms with E-state index in [9.17, 15) is 13.9 Å². The summed E-state index contributed by atoms with van der Waals surface area (Å²) in [7, 11) is 0. The van der Waals surface area contributed by atoms with Gasteiger partial charge in [-0.15, -0.1) is 0 Å². The predicted octanol–water partition coefficient (Wildman–Crippen LogP) is 1.24. The van der Waals surface area contributed by atoms with Crippen molar-refractivity contribution in [2.75, 3.05) is 33.0 Å². The van der Waals surface area contributed by atoms with Gasteiger partial charge in [0, 0.05) is 0 Å². The van der Waals surface area contributed by atoms with Crippen LogP contribution in [0.1, 0.15) is 5.56 Å². The predicted molar refractivity (Wildman–Crippen MR) is 59.2 cm³/mol. The molecule has 2 aliphatic rings. The fraction of sp³-hybridized carbons (Fsp3) is 0.538. The summed E-state index contributed by atoms with van der Waals surface area (Å²) in [6, 6.07) is 3.89. The number of rotatable bonds is 3. The molecule has 0 aromatic heterocycles. The normalized spacial score (nSPS) is 24.2. The molecule has 0 spiro atoms. The Bertz CT molecular complexity index is 462. The largest absolute Gasteiger partial charge is 0.396 e. The van der Waals surface area contributed by atoms with Crippen LogP contribution >= 0.6 is 0 Å². The number of aliphatic hydroxyl groups excluding tert-OH is 1. The molecule has 2 aliphatic heterocycles. The van der Waals surface area contributed by atoms with Gasteiger partial charge in [0.05, 0.1) is 43.9 Å². The molecule has 3 rings (SSSR count). The van der Waals surface area contributed by atoms with Gasteiger partial charge in [-0.3, -0.25) is 0 Å². The van der Waals surface area contributed by atoms with Crippen LogP contribution < -0.4 is 0 Å². The lowest BCUT2D eigenvalue weighted by molar-refractivity contribution is -0.242. The highest BCUT2D eigenvalue weighted by molar-refractivity contribution is 5.34. The lowest BCUT2D eigenvalue weighted by Gasteiger charge is -2.58. The first-order valence-electron chi connectivity index (χ1n) is 5.85. The Hall–Kier alpha value is -1.04. The Labute approximate surface area is 103 Å². The molecule has 2 fully saturated rings. The zero-order valence-electron chi connectivity index (χ0n) is 9.79. The van der Waals surface area contributed by atoms with Gasteiger partial charge >= 0.3 is 0 Å². The van der Waals surface area contributed by atoms with Crippen molar-refractivity contribution in [1.82, 2.24) is 0 Å². The van der Waals surface area contributed by atoms with E-state index in [1.54, 1.807) is 6.07 Å². The fourth-order valence-corrected chi connectivity index (χ4v) is 2.75. The third-order valence-corrected chi connectivity index (χ3v) is 4.24. The number of ether oxygens (including phenoxy) is 2. The maximum absolute atomic E-state index is 13.4. The molecule has 98 valence electrons. The van der Waals surface area contributed by atoms with Crippen LogP contribution in [0.5, 0.6) is 0 Å². The molecule has 0 radical (unpaired) electrons. The summed E-state index contributed by atoms with van der Waals surface area (Å²) < 4.78 is 36.8. The van der Waals surface area contributed by atoms with E-state index >= 15 is 0 Å². The Balaban J connectivity index is 2.03. The molecular formula is C13H14F2O3. The highest BCUT2D eigenvalue weighted by Crippen LogP contribution is 2.51. The monoisotopic (exact) mass is 256 g/mol. The van der Waals surface area contributed by atoms with Crippen molar-refractivity contribution in [2.24, 2.45) is 5.41 Å². The van der Waals surface area contributed by atoms with Crippen LogP contribution in [-0.4, -0.2) is 38.1 Å². The molecule has 0 bridgehead atoms. The highest BCUT2D eigenvalue weighted by atomic mass is 19.2. The number of hydrogen-bond donors (Lipinski definition) is 1. The van der Waals surface area contributed by atoms with E-state index in [2.05, 4.69) is 0 Å². The van der Waals surface area contributed by atoms with E-state index in [0.717, 1.165) is 6.07 Å². The fourth-order valence-electron chi connectivity index (χ4n) is 2.75. The quantitative estimate of drug-likeness (QED) is 0.884. The van der Waals surface area contributed by atoms with Crippen molar-refractivity contribution in [1.29, 1.82) is 0 Å². The number of benzene rings is 1. The van der Waals surface area contributed by atoms with Crippen molar-refractivity contribution < 1.29 is 23.4 Å². The van der Waals surface area contributed by atoms with Crippen LogP contribution in [0.2, 0.25) is 0 Å². The van der Waals surface area contributed by atoms with Gasteiger partial charge in [-0.25, -0.2) is 8.78 Å². The average Bonchev–Trinajstić information content (AvgIpc) is 2.25. The van der Waals surface area contributed by atoms with E-state index in [1.165, 1.54) is 6.07 Å². The van der Waals surface area contributed by atoms with Crippen molar-refractivity contribution in [2.45, 2.75) is 5.41 Å². The molecular weight excluding hydrogens is 242 g/mol. The van der Waals surface area contributed by atoms with E-state index in [4.69, 9.17) is 9.47 Å². The topological polar surface area (TPSA) is 38.7 Å². The molecule has 0 unspecified atom stereocenters. The minimum Gasteiger partial charge on any atom is -0.396 e. The van der Waals surface area contributed by atoms with E-state index < -0.39 is 22.5 Å². The van der Waals surface area contributed by atoms with Crippen LogP contribution in [0, 0.1) is 17.0 Å². The third kappa shape index (κ3) is 1.38. The molecule has 1 aromatic carbocycles. The van der Waals surface area contributed by atoms with Gasteiger partial charge in [0.15, 0.2) is 11.6 Å². The molecule has 3 nitrogen and oxygen atoms in total. The molecule has 0 saturated carbocycles. The lowest BCUT2D eigenvalue weighted by atomic mass is 9.57. The third-order valence-electron chi connectivity index (χ3n) is 4.24. The minimum absolute atomic E-state index is 0.0463. The van der Waals surface area contributed by atoms with Gasteiger partial charge in [-0.2, -0.15) is 0 Å². The summed E-state index contributed by atoms with van der Waals surface area (Å²) in [6.07, 6.45) is 0. The second-order valence-corrected chi connectivity index (χ2v) is 5.14. The molecule has 0 aliphatic carbocycles. The van der Waals surface area contributed by atoms with E-state index in [0.29, 0.717) is 32.0 Å². The van der Waals surface area contributed by atoms with Crippen molar-refractivity contribution >= 4 is 0 Å². The second kappa shape index (κ2) is 3.98. The summed E-state index contributed by atoms with van der Waals surface area (Å²) in [5, 5.41) is 9.62. The summed E-state index contributed by atoms with van der Waals surface area (Å²) in [4.78, 5) is 0. The maximum atomic E-state index is 13.4. The summed E-state index contributed by atoms with van der Waals surface area (Å²) in [5.74, 6) is -1.73. The Kier molecular flexibility index (Phi) is 2.66. The van der Waals surface area contributed by atoms with Gasteiger partial charge in [0.2, 0.25) is 0 Å². The van der Waals surface area contributed by atoms with E-state index in [1.807, 2.05) is 0 Å². The average molecular weight is 256 g/mol. The molecule has 2 heterocycles. The van der Waals surface area contributed by atoms with Crippen LogP contribution in [0.4, 0.5) is 8.78 Å². The molecule has 5 heteroatoms. The first-order valence-corrected chi connectivity index (χ1v) is 5.85. The van der Waals surface area contributed by atoms with Gasteiger partial charge in [0.25, 0.3) is 0 Å². The second-order valence-electron chi connectivity index (χ2n) is 5.14. The molecule has 2 saturated heterocycles. The van der Waals surface area contributed by atoms with Crippen LogP contribution in [-0.2, 0) is 14.9 Å². The SMILES string of the molecule is OCC1(C2(c3ccc(F)c(F)c3)COC2)COC1. The van der Waals surface area contributed by atoms with E-state index in [-0.39, 0.29) is 6.61 Å².